The van der Waals surface area contributed by atoms with Gasteiger partial charge in [0.2, 0.25) is 10.0 Å². The van der Waals surface area contributed by atoms with Gasteiger partial charge in [0, 0.05) is 24.2 Å². The standard InChI is InChI=1S/C30H37N11O2S/c31-44(42,43)26-8-7-22(27-24-18-36-40(29(24)34-20-32-27)15-13-38-9-3-1-4-10-38)17-23(26)28-25-19-37-41(30(25)35-21-33-28)16-14-39-11-5-2-6-12-39/h7-8,17-21H,1-6,9-16H2,(H2,31,42,43). The molecule has 1 aromatic carbocycles. The highest BCUT2D eigenvalue weighted by molar-refractivity contribution is 7.89. The van der Waals surface area contributed by atoms with Gasteiger partial charge in [-0.1, -0.05) is 18.9 Å². The lowest BCUT2D eigenvalue weighted by Gasteiger charge is -2.26. The Labute approximate surface area is 256 Å². The van der Waals surface area contributed by atoms with E-state index in [1.807, 2.05) is 9.36 Å². The van der Waals surface area contributed by atoms with E-state index in [9.17, 15) is 8.42 Å². The summed E-state index contributed by atoms with van der Waals surface area (Å²) >= 11 is 0. The fourth-order valence-corrected chi connectivity index (χ4v) is 7.23. The van der Waals surface area contributed by atoms with Crippen molar-refractivity contribution in [1.29, 1.82) is 0 Å². The Kier molecular flexibility index (Phi) is 8.06. The monoisotopic (exact) mass is 615 g/mol. The summed E-state index contributed by atoms with van der Waals surface area (Å²) in [7, 11) is -4.07. The van der Waals surface area contributed by atoms with E-state index in [2.05, 4.69) is 39.9 Å². The number of likely N-dealkylation sites (tertiary alicyclic amines) is 2. The lowest BCUT2D eigenvalue weighted by atomic mass is 10.0. The van der Waals surface area contributed by atoms with Gasteiger partial charge in [-0.25, -0.2) is 42.9 Å². The number of primary sulfonamides is 1. The molecule has 0 unspecified atom stereocenters. The lowest BCUT2D eigenvalue weighted by molar-refractivity contribution is 0.219. The van der Waals surface area contributed by atoms with Gasteiger partial charge in [0.1, 0.15) is 12.7 Å². The van der Waals surface area contributed by atoms with E-state index in [0.29, 0.717) is 40.1 Å². The zero-order chi connectivity index (χ0) is 30.1. The highest BCUT2D eigenvalue weighted by Crippen LogP contribution is 2.35. The lowest BCUT2D eigenvalue weighted by Crippen LogP contribution is -2.32. The quantitative estimate of drug-likeness (QED) is 0.262. The molecule has 0 saturated carbocycles. The summed E-state index contributed by atoms with van der Waals surface area (Å²) in [4.78, 5) is 23.1. The molecule has 0 spiro atoms. The minimum Gasteiger partial charge on any atom is -0.301 e. The van der Waals surface area contributed by atoms with E-state index in [-0.39, 0.29) is 4.90 Å². The van der Waals surface area contributed by atoms with Crippen LogP contribution in [0, 0.1) is 0 Å². The van der Waals surface area contributed by atoms with Crippen molar-refractivity contribution in [3.63, 3.8) is 0 Å². The summed E-state index contributed by atoms with van der Waals surface area (Å²) < 4.78 is 29.3. The van der Waals surface area contributed by atoms with E-state index < -0.39 is 10.0 Å². The molecular weight excluding hydrogens is 578 g/mol. The topological polar surface area (TPSA) is 154 Å². The third-order valence-electron chi connectivity index (χ3n) is 8.84. The van der Waals surface area contributed by atoms with Crippen LogP contribution in [0.1, 0.15) is 38.5 Å². The van der Waals surface area contributed by atoms with Crippen LogP contribution in [-0.4, -0.2) is 97.0 Å². The molecule has 0 amide bonds. The second-order valence-electron chi connectivity index (χ2n) is 11.7. The van der Waals surface area contributed by atoms with Gasteiger partial charge in [0.15, 0.2) is 11.3 Å². The fourth-order valence-electron chi connectivity index (χ4n) is 6.51. The third kappa shape index (κ3) is 5.82. The molecule has 0 radical (unpaired) electrons. The Hall–Kier alpha value is -3.85. The number of piperidine rings is 2. The molecule has 2 aliphatic rings. The molecule has 2 aliphatic heterocycles. The summed E-state index contributed by atoms with van der Waals surface area (Å²) in [5.41, 5.74) is 3.58. The molecule has 13 nitrogen and oxygen atoms in total. The number of nitrogens with two attached hydrogens (primary N) is 1. The molecule has 2 saturated heterocycles. The van der Waals surface area contributed by atoms with Crippen LogP contribution in [0.5, 0.6) is 0 Å². The number of fused-ring (bicyclic) bond motifs is 2. The summed E-state index contributed by atoms with van der Waals surface area (Å²) in [6.45, 7) is 7.63. The van der Waals surface area contributed by atoms with Crippen LogP contribution in [0.2, 0.25) is 0 Å². The minimum absolute atomic E-state index is 0.0233. The van der Waals surface area contributed by atoms with Crippen molar-refractivity contribution in [3.8, 4) is 22.5 Å². The Morgan fingerprint density at radius 2 is 1.18 bits per heavy atom. The first kappa shape index (κ1) is 28.9. The summed E-state index contributed by atoms with van der Waals surface area (Å²) in [6.07, 6.45) is 14.0. The fraction of sp³-hybridized carbons (Fsp3) is 0.467. The third-order valence-corrected chi connectivity index (χ3v) is 9.80. The van der Waals surface area contributed by atoms with Crippen LogP contribution in [0.15, 0.2) is 48.1 Å². The molecule has 44 heavy (non-hydrogen) atoms. The van der Waals surface area contributed by atoms with Gasteiger partial charge in [-0.05, 0) is 64.0 Å². The van der Waals surface area contributed by atoms with Crippen LogP contribution < -0.4 is 5.14 Å². The number of rotatable bonds is 9. The number of aromatic nitrogens is 8. The molecular formula is C30H37N11O2S. The molecule has 2 N–H and O–H groups in total. The smallest absolute Gasteiger partial charge is 0.238 e. The van der Waals surface area contributed by atoms with Crippen molar-refractivity contribution in [3.05, 3.63) is 43.2 Å². The molecule has 230 valence electrons. The molecule has 14 heteroatoms. The minimum atomic E-state index is -4.07. The molecule has 0 bridgehead atoms. The average molecular weight is 616 g/mol. The van der Waals surface area contributed by atoms with E-state index >= 15 is 0 Å². The molecule has 0 atom stereocenters. The Balaban J connectivity index is 1.24. The highest BCUT2D eigenvalue weighted by atomic mass is 32.2. The molecule has 7 rings (SSSR count). The second-order valence-corrected chi connectivity index (χ2v) is 13.2. The number of nitrogens with zero attached hydrogens (tertiary/aromatic N) is 10. The first-order chi connectivity index (χ1) is 21.5. The van der Waals surface area contributed by atoms with E-state index in [1.165, 1.54) is 57.2 Å². The van der Waals surface area contributed by atoms with Gasteiger partial charge in [0.25, 0.3) is 0 Å². The van der Waals surface area contributed by atoms with Crippen molar-refractivity contribution < 1.29 is 8.42 Å². The molecule has 5 aromatic rings. The highest BCUT2D eigenvalue weighted by Gasteiger charge is 2.23. The van der Waals surface area contributed by atoms with Gasteiger partial charge in [-0.2, -0.15) is 10.2 Å². The summed E-state index contributed by atoms with van der Waals surface area (Å²) in [6, 6.07) is 5.01. The van der Waals surface area contributed by atoms with Crippen molar-refractivity contribution in [2.75, 3.05) is 39.3 Å². The van der Waals surface area contributed by atoms with Crippen LogP contribution in [0.25, 0.3) is 44.6 Å². The van der Waals surface area contributed by atoms with Gasteiger partial charge < -0.3 is 9.80 Å². The van der Waals surface area contributed by atoms with Crippen molar-refractivity contribution in [1.82, 2.24) is 49.3 Å². The Morgan fingerprint density at radius 1 is 0.659 bits per heavy atom. The van der Waals surface area contributed by atoms with Crippen LogP contribution >= 0.6 is 0 Å². The average Bonchev–Trinajstić information content (AvgIpc) is 3.67. The Morgan fingerprint density at radius 3 is 1.73 bits per heavy atom. The maximum absolute atomic E-state index is 12.8. The first-order valence-corrected chi connectivity index (χ1v) is 17.0. The van der Waals surface area contributed by atoms with Crippen LogP contribution in [0.3, 0.4) is 0 Å². The van der Waals surface area contributed by atoms with Crippen molar-refractivity contribution >= 4 is 32.1 Å². The largest absolute Gasteiger partial charge is 0.301 e. The number of hydrogen-bond acceptors (Lipinski definition) is 10. The number of benzene rings is 1. The molecule has 6 heterocycles. The van der Waals surface area contributed by atoms with E-state index in [1.54, 1.807) is 24.5 Å². The maximum Gasteiger partial charge on any atom is 0.238 e. The van der Waals surface area contributed by atoms with Crippen molar-refractivity contribution in [2.24, 2.45) is 5.14 Å². The molecule has 0 aliphatic carbocycles. The summed E-state index contributed by atoms with van der Waals surface area (Å²) in [5.74, 6) is 0. The van der Waals surface area contributed by atoms with Crippen LogP contribution in [0.4, 0.5) is 0 Å². The van der Waals surface area contributed by atoms with Crippen LogP contribution in [-0.2, 0) is 23.1 Å². The van der Waals surface area contributed by atoms with Gasteiger partial charge >= 0.3 is 0 Å². The first-order valence-electron chi connectivity index (χ1n) is 15.4. The van der Waals surface area contributed by atoms with Crippen molar-refractivity contribution in [2.45, 2.75) is 56.5 Å². The molecule has 2 fully saturated rings. The van der Waals surface area contributed by atoms with Gasteiger partial charge in [-0.3, -0.25) is 0 Å². The zero-order valence-corrected chi connectivity index (χ0v) is 25.5. The number of sulfonamides is 1. The number of hydrogen-bond donors (Lipinski definition) is 1. The van der Waals surface area contributed by atoms with E-state index in [0.717, 1.165) is 56.8 Å². The zero-order valence-electron chi connectivity index (χ0n) is 24.7. The maximum atomic E-state index is 12.8. The second kappa shape index (κ2) is 12.3. The predicted octanol–water partition coefficient (Wildman–Crippen LogP) is 2.92. The van der Waals surface area contributed by atoms with Gasteiger partial charge in [0.05, 0.1) is 52.5 Å². The summed E-state index contributed by atoms with van der Waals surface area (Å²) in [5, 5.41) is 16.4. The predicted molar refractivity (Wildman–Crippen MR) is 167 cm³/mol. The Bertz CT molecular complexity index is 1890. The molecule has 4 aromatic heterocycles. The normalized spacial score (nSPS) is 17.1. The SMILES string of the molecule is NS(=O)(=O)c1ccc(-c2ncnc3c2cnn3CCN2CCCCC2)cc1-c1ncnc2c1cnn2CCN1CCCCC1. The van der Waals surface area contributed by atoms with Gasteiger partial charge in [-0.15, -0.1) is 0 Å². The van der Waals surface area contributed by atoms with E-state index in [4.69, 9.17) is 5.14 Å².